The van der Waals surface area contributed by atoms with Gasteiger partial charge in [-0.05, 0) is 51.5 Å². The molecule has 1 aromatic carbocycles. The molecule has 1 atom stereocenters. The van der Waals surface area contributed by atoms with E-state index < -0.39 is 4.92 Å². The minimum Gasteiger partial charge on any atom is -0.383 e. The fraction of sp³-hybridized carbons (Fsp3) is 0.632. The Bertz CT molecular complexity index is 578. The molecule has 1 unspecified atom stereocenters. The van der Waals surface area contributed by atoms with Gasteiger partial charge in [0, 0.05) is 44.0 Å². The number of non-ortho nitro benzene ring substituents is 1. The summed E-state index contributed by atoms with van der Waals surface area (Å²) in [4.78, 5) is 16.9. The van der Waals surface area contributed by atoms with Gasteiger partial charge in [-0.25, -0.2) is 0 Å². The van der Waals surface area contributed by atoms with E-state index in [-0.39, 0.29) is 29.7 Å². The van der Waals surface area contributed by atoms with E-state index >= 15 is 0 Å². The first-order valence-electron chi connectivity index (χ1n) is 9.68. The zero-order valence-corrected chi connectivity index (χ0v) is 19.7. The molecule has 0 heterocycles. The number of aliphatic imine (C=N–C) groups is 1. The highest BCUT2D eigenvalue weighted by Gasteiger charge is 2.07. The molecule has 0 radical (unpaired) electrons. The van der Waals surface area contributed by atoms with E-state index in [1.54, 1.807) is 19.2 Å². The molecule has 0 spiro atoms. The maximum atomic E-state index is 10.7. The Labute approximate surface area is 185 Å². The van der Waals surface area contributed by atoms with Gasteiger partial charge in [0.1, 0.15) is 0 Å². The van der Waals surface area contributed by atoms with Crippen molar-refractivity contribution in [1.29, 1.82) is 0 Å². The van der Waals surface area contributed by atoms with Crippen LogP contribution in [0.15, 0.2) is 29.3 Å². The second-order valence-corrected chi connectivity index (χ2v) is 6.44. The maximum absolute atomic E-state index is 10.7. The van der Waals surface area contributed by atoms with E-state index in [0.29, 0.717) is 19.1 Å². The molecular formula is C19H35IN6O2. The number of guanidine groups is 1. The molecule has 28 heavy (non-hydrogen) atoms. The van der Waals surface area contributed by atoms with Gasteiger partial charge in [0.25, 0.3) is 5.69 Å². The van der Waals surface area contributed by atoms with E-state index in [9.17, 15) is 10.1 Å². The van der Waals surface area contributed by atoms with Gasteiger partial charge in [0.05, 0.1) is 4.92 Å². The second kappa shape index (κ2) is 15.3. The van der Waals surface area contributed by atoms with Crippen molar-refractivity contribution in [3.05, 3.63) is 34.4 Å². The summed E-state index contributed by atoms with van der Waals surface area (Å²) in [7, 11) is 1.77. The molecule has 0 aliphatic rings. The van der Waals surface area contributed by atoms with Gasteiger partial charge in [0.2, 0.25) is 0 Å². The summed E-state index contributed by atoms with van der Waals surface area (Å²) in [6.07, 6.45) is 2.26. The van der Waals surface area contributed by atoms with Crippen LogP contribution in [-0.4, -0.2) is 61.6 Å². The summed E-state index contributed by atoms with van der Waals surface area (Å²) in [6.45, 7) is 11.3. The van der Waals surface area contributed by atoms with Gasteiger partial charge >= 0.3 is 0 Å². The molecule has 3 N–H and O–H groups in total. The first-order valence-corrected chi connectivity index (χ1v) is 9.68. The topological polar surface area (TPSA) is 94.8 Å². The van der Waals surface area contributed by atoms with Crippen LogP contribution in [0.2, 0.25) is 0 Å². The first kappa shape index (κ1) is 26.4. The zero-order valence-electron chi connectivity index (χ0n) is 17.4. The molecule has 0 saturated carbocycles. The molecule has 0 aliphatic heterocycles. The summed E-state index contributed by atoms with van der Waals surface area (Å²) in [5.41, 5.74) is 0.952. The van der Waals surface area contributed by atoms with Crippen LogP contribution >= 0.6 is 24.0 Å². The van der Waals surface area contributed by atoms with Crippen LogP contribution in [-0.2, 0) is 0 Å². The number of nitrogens with zero attached hydrogens (tertiary/aromatic N) is 3. The fourth-order valence-electron chi connectivity index (χ4n) is 2.75. The zero-order chi connectivity index (χ0) is 20.1. The summed E-state index contributed by atoms with van der Waals surface area (Å²) in [6, 6.07) is 6.77. The van der Waals surface area contributed by atoms with Gasteiger partial charge in [-0.2, -0.15) is 0 Å². The number of nitro benzene ring substituents is 1. The van der Waals surface area contributed by atoms with Gasteiger partial charge < -0.3 is 20.9 Å². The molecule has 0 fully saturated rings. The van der Waals surface area contributed by atoms with Crippen LogP contribution in [0.3, 0.4) is 0 Å². The number of nitrogens with one attached hydrogen (secondary N) is 3. The smallest absolute Gasteiger partial charge is 0.269 e. The third-order valence-corrected chi connectivity index (χ3v) is 4.44. The molecule has 9 heteroatoms. The van der Waals surface area contributed by atoms with Gasteiger partial charge in [-0.1, -0.05) is 13.8 Å². The van der Waals surface area contributed by atoms with E-state index in [0.717, 1.165) is 44.1 Å². The summed E-state index contributed by atoms with van der Waals surface area (Å²) >= 11 is 0. The summed E-state index contributed by atoms with van der Waals surface area (Å²) < 4.78 is 0. The predicted octanol–water partition coefficient (Wildman–Crippen LogP) is 3.30. The van der Waals surface area contributed by atoms with Crippen molar-refractivity contribution in [3.63, 3.8) is 0 Å². The average molecular weight is 506 g/mol. The molecule has 0 bridgehead atoms. The minimum absolute atomic E-state index is 0. The Balaban J connectivity index is 0.00000729. The Kier molecular flexibility index (Phi) is 14.4. The van der Waals surface area contributed by atoms with E-state index in [1.165, 1.54) is 12.1 Å². The lowest BCUT2D eigenvalue weighted by Gasteiger charge is -2.21. The Hall–Kier alpha value is -1.62. The van der Waals surface area contributed by atoms with Crippen molar-refractivity contribution >= 4 is 41.3 Å². The van der Waals surface area contributed by atoms with Crippen molar-refractivity contribution in [3.8, 4) is 0 Å². The molecule has 0 amide bonds. The minimum atomic E-state index is -0.399. The van der Waals surface area contributed by atoms with Crippen molar-refractivity contribution in [2.75, 3.05) is 45.1 Å². The van der Waals surface area contributed by atoms with Crippen LogP contribution in [0.5, 0.6) is 0 Å². The highest BCUT2D eigenvalue weighted by atomic mass is 127. The van der Waals surface area contributed by atoms with Crippen molar-refractivity contribution in [2.45, 2.75) is 39.7 Å². The molecule has 160 valence electrons. The highest BCUT2D eigenvalue weighted by Crippen LogP contribution is 2.14. The van der Waals surface area contributed by atoms with Crippen LogP contribution in [0, 0.1) is 10.1 Å². The van der Waals surface area contributed by atoms with Gasteiger partial charge in [-0.15, -0.1) is 24.0 Å². The fourth-order valence-corrected chi connectivity index (χ4v) is 2.75. The molecular weight excluding hydrogens is 471 g/mol. The van der Waals surface area contributed by atoms with E-state index in [1.807, 2.05) is 0 Å². The molecule has 0 aliphatic carbocycles. The number of anilines is 1. The Morgan fingerprint density at radius 1 is 1.21 bits per heavy atom. The number of halogens is 1. The van der Waals surface area contributed by atoms with Crippen LogP contribution in [0.1, 0.15) is 33.6 Å². The molecule has 1 aromatic rings. The van der Waals surface area contributed by atoms with Crippen molar-refractivity contribution < 1.29 is 4.92 Å². The normalized spacial score (nSPS) is 12.2. The highest BCUT2D eigenvalue weighted by molar-refractivity contribution is 14.0. The van der Waals surface area contributed by atoms with Crippen LogP contribution in [0.4, 0.5) is 11.4 Å². The molecule has 0 aromatic heterocycles. The quantitative estimate of drug-likeness (QED) is 0.101. The standard InChI is InChI=1S/C19H34N6O2.HI/c1-5-24(6-2)15-7-8-16(3)23-19(20-4)22-14-13-21-17-9-11-18(12-10-17)25(26)27;/h9-12,16,21H,5-8,13-15H2,1-4H3,(H2,20,22,23);1H. The van der Waals surface area contributed by atoms with E-state index in [4.69, 9.17) is 0 Å². The Morgan fingerprint density at radius 3 is 2.39 bits per heavy atom. The second-order valence-electron chi connectivity index (χ2n) is 6.44. The number of rotatable bonds is 12. The largest absolute Gasteiger partial charge is 0.383 e. The van der Waals surface area contributed by atoms with Crippen molar-refractivity contribution in [2.24, 2.45) is 4.99 Å². The lowest BCUT2D eigenvalue weighted by molar-refractivity contribution is -0.384. The monoisotopic (exact) mass is 506 g/mol. The van der Waals surface area contributed by atoms with Gasteiger partial charge in [-0.3, -0.25) is 15.1 Å². The molecule has 0 saturated heterocycles. The van der Waals surface area contributed by atoms with Gasteiger partial charge in [0.15, 0.2) is 5.96 Å². The molecule has 8 nitrogen and oxygen atoms in total. The van der Waals surface area contributed by atoms with Crippen LogP contribution < -0.4 is 16.0 Å². The summed E-state index contributed by atoms with van der Waals surface area (Å²) in [5, 5.41) is 20.6. The van der Waals surface area contributed by atoms with Crippen molar-refractivity contribution in [1.82, 2.24) is 15.5 Å². The maximum Gasteiger partial charge on any atom is 0.269 e. The lowest BCUT2D eigenvalue weighted by Crippen LogP contribution is -2.43. The number of nitro groups is 1. The SMILES string of the molecule is CCN(CC)CCCC(C)NC(=NC)NCCNc1ccc([N+](=O)[O-])cc1.I. The lowest BCUT2D eigenvalue weighted by atomic mass is 10.2. The number of hydrogen-bond donors (Lipinski definition) is 3. The van der Waals surface area contributed by atoms with E-state index in [2.05, 4.69) is 46.6 Å². The third-order valence-electron chi connectivity index (χ3n) is 4.44. The molecule has 1 rings (SSSR count). The summed E-state index contributed by atoms with van der Waals surface area (Å²) in [5.74, 6) is 0.788. The third kappa shape index (κ3) is 10.6. The average Bonchev–Trinajstić information content (AvgIpc) is 2.68. The van der Waals surface area contributed by atoms with Crippen LogP contribution in [0.25, 0.3) is 0 Å². The predicted molar refractivity (Wildman–Crippen MR) is 128 cm³/mol. The Morgan fingerprint density at radius 2 is 1.86 bits per heavy atom. The first-order chi connectivity index (χ1) is 13.0. The number of benzene rings is 1. The number of hydrogen-bond acceptors (Lipinski definition) is 5.